The third kappa shape index (κ3) is 79.5. The van der Waals surface area contributed by atoms with Crippen LogP contribution in [0.2, 0.25) is 0 Å². The highest BCUT2D eigenvalue weighted by molar-refractivity contribution is 4.61. The van der Waals surface area contributed by atoms with Gasteiger partial charge in [0.2, 0.25) is 0 Å². The maximum absolute atomic E-state index is 2.41. The first kappa shape index (κ1) is 69.6. The van der Waals surface area contributed by atoms with E-state index in [-0.39, 0.29) is 0 Å². The molecule has 0 aromatic heterocycles. The first-order chi connectivity index (χ1) is 30.1. The molecule has 0 aromatic rings. The molecule has 0 fully saturated rings. The van der Waals surface area contributed by atoms with Crippen molar-refractivity contribution in [1.29, 1.82) is 0 Å². The topological polar surface area (TPSA) is 0 Å². The lowest BCUT2D eigenvalue weighted by molar-refractivity contribution is 0.356. The molecule has 0 amide bonds. The summed E-state index contributed by atoms with van der Waals surface area (Å²) < 4.78 is 0. The monoisotopic (exact) mass is 891 g/mol. The van der Waals surface area contributed by atoms with Gasteiger partial charge >= 0.3 is 0 Å². The summed E-state index contributed by atoms with van der Waals surface area (Å²) in [5.41, 5.74) is 0.534. The molecule has 0 aliphatic heterocycles. The van der Waals surface area contributed by atoms with Crippen LogP contribution in [0.3, 0.4) is 0 Å². The third-order valence-corrected chi connectivity index (χ3v) is 13.4. The molecular weight excluding hydrogens is 757 g/mol. The molecule has 0 N–H and O–H groups in total. The molecule has 0 saturated carbocycles. The molecule has 0 aliphatic rings. The van der Waals surface area contributed by atoms with Gasteiger partial charge in [-0.3, -0.25) is 0 Å². The molecule has 0 radical (unpaired) electrons. The minimum absolute atomic E-state index is 0.534. The van der Waals surface area contributed by atoms with Crippen molar-refractivity contribution in [3.05, 3.63) is 0 Å². The van der Waals surface area contributed by atoms with Crippen LogP contribution in [0.5, 0.6) is 0 Å². The first-order valence-corrected chi connectivity index (χ1v) is 30.1. The van der Waals surface area contributed by atoms with Gasteiger partial charge in [-0.2, -0.15) is 0 Å². The largest absolute Gasteiger partial charge is 0.0656 e. The molecule has 0 aliphatic carbocycles. The minimum atomic E-state index is 0.534. The van der Waals surface area contributed by atoms with Crippen LogP contribution >= 0.6 is 0 Å². The summed E-state index contributed by atoms with van der Waals surface area (Å²) in [5, 5.41) is 0. The number of rotatable bonds is 43. The summed E-state index contributed by atoms with van der Waals surface area (Å²) in [4.78, 5) is 0. The Morgan fingerprint density at radius 3 is 0.635 bits per heavy atom. The SMILES string of the molecule is CC(C)CCCCCCCCCCCCCCC(C)C(C)C.CC(C)CCCCCCCCCCCCCCCCCCCCCCCC(C)(C)C.CCC.CCCCCC(C)C. The zero-order valence-electron chi connectivity index (χ0n) is 48.1. The molecular formula is C63H134. The van der Waals surface area contributed by atoms with Gasteiger partial charge < -0.3 is 0 Å². The maximum Gasteiger partial charge on any atom is -0.0383 e. The molecule has 0 heterocycles. The van der Waals surface area contributed by atoms with Crippen molar-refractivity contribution in [2.75, 3.05) is 0 Å². The smallest absolute Gasteiger partial charge is 0.0383 e. The summed E-state index contributed by atoms with van der Waals surface area (Å²) in [7, 11) is 0. The number of unbranched alkanes of at least 4 members (excludes halogenated alkanes) is 33. The van der Waals surface area contributed by atoms with E-state index in [0.29, 0.717) is 5.41 Å². The Kier molecular flexibility index (Phi) is 64.2. The van der Waals surface area contributed by atoms with Crippen molar-refractivity contribution in [2.24, 2.45) is 35.0 Å². The van der Waals surface area contributed by atoms with E-state index in [1.807, 2.05) is 0 Å². The van der Waals surface area contributed by atoms with Gasteiger partial charge in [0.05, 0.1) is 0 Å². The molecule has 63 heavy (non-hydrogen) atoms. The Balaban J connectivity index is -0.000000458. The van der Waals surface area contributed by atoms with E-state index in [2.05, 4.69) is 104 Å². The normalized spacial score (nSPS) is 12.0. The van der Waals surface area contributed by atoms with Gasteiger partial charge in [0.15, 0.2) is 0 Å². The Hall–Kier alpha value is 0. The van der Waals surface area contributed by atoms with Crippen LogP contribution in [0.15, 0.2) is 0 Å². The molecule has 0 rings (SSSR count). The van der Waals surface area contributed by atoms with Crippen LogP contribution in [0.25, 0.3) is 0 Å². The summed E-state index contributed by atoms with van der Waals surface area (Å²) in [6, 6.07) is 0. The van der Waals surface area contributed by atoms with E-state index in [4.69, 9.17) is 0 Å². The summed E-state index contributed by atoms with van der Waals surface area (Å²) in [6.07, 6.45) is 61.2. The Bertz CT molecular complexity index is 736. The molecule has 1 atom stereocenters. The summed E-state index contributed by atoms with van der Waals surface area (Å²) >= 11 is 0. The van der Waals surface area contributed by atoms with Crippen molar-refractivity contribution < 1.29 is 0 Å². The predicted octanol–water partition coefficient (Wildman–Crippen LogP) is 24.7. The maximum atomic E-state index is 2.41. The lowest BCUT2D eigenvalue weighted by Gasteiger charge is -2.17. The van der Waals surface area contributed by atoms with Crippen LogP contribution in [-0.4, -0.2) is 0 Å². The van der Waals surface area contributed by atoms with Gasteiger partial charge in [-0.05, 0) is 41.4 Å². The van der Waals surface area contributed by atoms with Gasteiger partial charge in [0.25, 0.3) is 0 Å². The fraction of sp³-hybridized carbons (Fsp3) is 1.00. The molecule has 0 spiro atoms. The second-order valence-corrected chi connectivity index (χ2v) is 23.9. The standard InChI is InChI=1S/C30H62.C22H46.C8H18.C3H8/c1-29(2)27-25-23-21-19-17-15-13-11-9-7-6-8-10-12-14-16-18-20-22-24-26-28-30(3,4)5;1-20(2)18-16-14-12-10-8-6-7-9-11-13-15-17-19-22(5)21(3)4;1-4-5-6-7-8(2)3;1-3-2/h29H,6-28H2,1-5H3;20-22H,6-19H2,1-5H3;8H,4-7H2,1-3H3;3H2,1-2H3. The quantitative estimate of drug-likeness (QED) is 0.0535. The fourth-order valence-corrected chi connectivity index (χ4v) is 8.49. The van der Waals surface area contributed by atoms with Crippen LogP contribution in [-0.2, 0) is 0 Å². The Morgan fingerprint density at radius 2 is 0.444 bits per heavy atom. The number of hydrogen-bond donors (Lipinski definition) is 0. The number of hydrogen-bond acceptors (Lipinski definition) is 0. The molecule has 1 unspecified atom stereocenters. The van der Waals surface area contributed by atoms with Crippen molar-refractivity contribution in [3.63, 3.8) is 0 Å². The molecule has 0 nitrogen and oxygen atoms in total. The lowest BCUT2D eigenvalue weighted by atomic mass is 9.89. The molecule has 0 aromatic carbocycles. The van der Waals surface area contributed by atoms with Gasteiger partial charge in [-0.15, -0.1) is 0 Å². The highest BCUT2D eigenvalue weighted by Crippen LogP contribution is 2.23. The second-order valence-electron chi connectivity index (χ2n) is 23.9. The van der Waals surface area contributed by atoms with Crippen LogP contribution in [0.4, 0.5) is 0 Å². The van der Waals surface area contributed by atoms with Gasteiger partial charge in [-0.25, -0.2) is 0 Å². The van der Waals surface area contributed by atoms with E-state index in [9.17, 15) is 0 Å². The summed E-state index contributed by atoms with van der Waals surface area (Å²) in [5.74, 6) is 4.48. The van der Waals surface area contributed by atoms with Crippen molar-refractivity contribution in [2.45, 2.75) is 374 Å². The average Bonchev–Trinajstić information content (AvgIpc) is 3.21. The Morgan fingerprint density at radius 1 is 0.254 bits per heavy atom. The second kappa shape index (κ2) is 58.1. The fourth-order valence-electron chi connectivity index (χ4n) is 8.49. The van der Waals surface area contributed by atoms with E-state index in [1.54, 1.807) is 0 Å². The van der Waals surface area contributed by atoms with Gasteiger partial charge in [-0.1, -0.05) is 367 Å². The van der Waals surface area contributed by atoms with E-state index in [1.165, 1.54) is 270 Å². The molecule has 0 bridgehead atoms. The lowest BCUT2D eigenvalue weighted by Crippen LogP contribution is -2.03. The summed E-state index contributed by atoms with van der Waals surface area (Å²) in [6.45, 7) is 34.7. The van der Waals surface area contributed by atoms with Crippen molar-refractivity contribution in [3.8, 4) is 0 Å². The molecule has 0 heteroatoms. The Labute approximate surface area is 406 Å². The van der Waals surface area contributed by atoms with Crippen LogP contribution in [0, 0.1) is 35.0 Å². The van der Waals surface area contributed by atoms with Gasteiger partial charge in [0, 0.05) is 0 Å². The highest BCUT2D eigenvalue weighted by atomic mass is 14.1. The van der Waals surface area contributed by atoms with Gasteiger partial charge in [0.1, 0.15) is 0 Å². The van der Waals surface area contributed by atoms with Crippen molar-refractivity contribution in [1.82, 2.24) is 0 Å². The van der Waals surface area contributed by atoms with E-state index < -0.39 is 0 Å². The zero-order valence-corrected chi connectivity index (χ0v) is 48.1. The van der Waals surface area contributed by atoms with Crippen molar-refractivity contribution >= 4 is 0 Å². The first-order valence-electron chi connectivity index (χ1n) is 30.1. The molecule has 0 saturated heterocycles. The van der Waals surface area contributed by atoms with E-state index >= 15 is 0 Å². The highest BCUT2D eigenvalue weighted by Gasteiger charge is 2.09. The predicted molar refractivity (Wildman–Crippen MR) is 299 cm³/mol. The third-order valence-electron chi connectivity index (χ3n) is 13.4. The average molecular weight is 892 g/mol. The van der Waals surface area contributed by atoms with E-state index in [0.717, 1.165) is 29.6 Å². The zero-order chi connectivity index (χ0) is 48.1. The molecule has 386 valence electrons. The van der Waals surface area contributed by atoms with Crippen LogP contribution in [0.1, 0.15) is 374 Å². The van der Waals surface area contributed by atoms with Crippen LogP contribution < -0.4 is 0 Å². The minimum Gasteiger partial charge on any atom is -0.0656 e.